The number of aliphatic hydroxyl groups excluding tert-OH is 1. The predicted octanol–water partition coefficient (Wildman–Crippen LogP) is -0.354. The fourth-order valence-electron chi connectivity index (χ4n) is 0.833. The summed E-state index contributed by atoms with van der Waals surface area (Å²) >= 11 is 0. The summed E-state index contributed by atoms with van der Waals surface area (Å²) in [6.07, 6.45) is 2.50. The van der Waals surface area contributed by atoms with Crippen molar-refractivity contribution in [2.24, 2.45) is 4.99 Å². The summed E-state index contributed by atoms with van der Waals surface area (Å²) in [6, 6.07) is 0. The molecule has 1 heterocycles. The van der Waals surface area contributed by atoms with E-state index < -0.39 is 5.97 Å². The summed E-state index contributed by atoms with van der Waals surface area (Å²) in [6.45, 7) is 2.53. The van der Waals surface area contributed by atoms with Gasteiger partial charge >= 0.3 is 5.97 Å². The first-order chi connectivity index (χ1) is 5.70. The summed E-state index contributed by atoms with van der Waals surface area (Å²) in [4.78, 5) is 14.1. The van der Waals surface area contributed by atoms with Crippen molar-refractivity contribution in [3.63, 3.8) is 0 Å². The number of carbonyl (C=O) groups is 1. The van der Waals surface area contributed by atoms with Gasteiger partial charge < -0.3 is 15.7 Å². The van der Waals surface area contributed by atoms with E-state index in [1.54, 1.807) is 6.08 Å². The molecule has 5 nitrogen and oxygen atoms in total. The van der Waals surface area contributed by atoms with Gasteiger partial charge in [0.1, 0.15) is 5.71 Å². The summed E-state index contributed by atoms with van der Waals surface area (Å²) in [5, 5.41) is 15.5. The monoisotopic (exact) mass is 427 g/mol. The van der Waals surface area contributed by atoms with Crippen LogP contribution in [0.15, 0.2) is 16.6 Å². The van der Waals surface area contributed by atoms with E-state index in [2.05, 4.69) is 4.99 Å². The molecule has 0 spiro atoms. The molecule has 80 valence electrons. The van der Waals surface area contributed by atoms with Gasteiger partial charge in [-0.2, -0.15) is 0 Å². The van der Waals surface area contributed by atoms with Gasteiger partial charge in [-0.15, -0.1) is 0 Å². The van der Waals surface area contributed by atoms with Crippen LogP contribution in [0.25, 0.3) is 0 Å². The molecule has 1 aliphatic rings. The van der Waals surface area contributed by atoms with Gasteiger partial charge in [-0.3, -0.25) is 4.99 Å². The smallest absolute Gasteiger partial charge is 0.354 e. The van der Waals surface area contributed by atoms with E-state index in [0.717, 1.165) is 19.1 Å². The van der Waals surface area contributed by atoms with Crippen LogP contribution in [0.3, 0.4) is 0 Å². The maximum Gasteiger partial charge on any atom is 0.354 e. The first-order valence-corrected chi connectivity index (χ1v) is 3.60. The van der Waals surface area contributed by atoms with Gasteiger partial charge in [0.15, 0.2) is 0 Å². The average molecular weight is 427 g/mol. The molecule has 1 aliphatic heterocycles. The standard InChI is InChI=1S/C7H9NO2.CH4O.H2O.U/c1-5-2-3-8-6(4-5)7(9)10;1-2;;/h4H,2-3H2,1H3,(H,9,10);2H,1H3;1H2;. The maximum absolute atomic E-state index is 10.3. The van der Waals surface area contributed by atoms with Crippen LogP contribution in [0.2, 0.25) is 0 Å². The van der Waals surface area contributed by atoms with E-state index in [0.29, 0.717) is 6.54 Å². The van der Waals surface area contributed by atoms with Crippen LogP contribution in [0.4, 0.5) is 0 Å². The second-order valence-electron chi connectivity index (χ2n) is 2.31. The zero-order valence-corrected chi connectivity index (χ0v) is 12.4. The van der Waals surface area contributed by atoms with Crippen molar-refractivity contribution in [1.29, 1.82) is 0 Å². The molecule has 0 amide bonds. The van der Waals surface area contributed by atoms with Gasteiger partial charge in [0.25, 0.3) is 0 Å². The third-order valence-corrected chi connectivity index (χ3v) is 1.39. The number of hydrogen-bond acceptors (Lipinski definition) is 3. The van der Waals surface area contributed by atoms with Crippen LogP contribution >= 0.6 is 0 Å². The van der Waals surface area contributed by atoms with Gasteiger partial charge in [-0.1, -0.05) is 5.57 Å². The van der Waals surface area contributed by atoms with Crippen LogP contribution in [-0.2, 0) is 4.79 Å². The minimum atomic E-state index is -0.931. The van der Waals surface area contributed by atoms with E-state index >= 15 is 0 Å². The number of dihydropyridines is 1. The third-order valence-electron chi connectivity index (χ3n) is 1.39. The van der Waals surface area contributed by atoms with Gasteiger partial charge in [0.2, 0.25) is 0 Å². The van der Waals surface area contributed by atoms with Crippen molar-refractivity contribution < 1.29 is 51.6 Å². The topological polar surface area (TPSA) is 101 Å². The maximum atomic E-state index is 10.3. The molecule has 0 aliphatic carbocycles. The predicted molar refractivity (Wildman–Crippen MR) is 50.1 cm³/mol. The van der Waals surface area contributed by atoms with E-state index in [4.69, 9.17) is 10.2 Å². The van der Waals surface area contributed by atoms with Crippen molar-refractivity contribution in [3.8, 4) is 0 Å². The first-order valence-electron chi connectivity index (χ1n) is 3.60. The zero-order valence-electron chi connectivity index (χ0n) is 8.24. The largest absolute Gasteiger partial charge is 0.477 e. The number of aliphatic hydroxyl groups is 1. The number of aliphatic imine (C=N–C) groups is 1. The molecule has 0 aromatic heterocycles. The number of rotatable bonds is 1. The zero-order chi connectivity index (χ0) is 9.56. The second-order valence-corrected chi connectivity index (χ2v) is 2.31. The average Bonchev–Trinajstić information content (AvgIpc) is 2.08. The second kappa shape index (κ2) is 10.9. The number of carboxylic acids is 1. The number of carboxylic acid groups (broad SMARTS) is 1. The van der Waals surface area contributed by atoms with Crippen LogP contribution in [0.1, 0.15) is 13.3 Å². The Labute approximate surface area is 107 Å². The van der Waals surface area contributed by atoms with Gasteiger partial charge in [-0.25, -0.2) is 4.79 Å². The molecule has 0 saturated carbocycles. The van der Waals surface area contributed by atoms with E-state index in [1.165, 1.54) is 0 Å². The number of aliphatic carboxylic acids is 1. The molecule has 0 atom stereocenters. The summed E-state index contributed by atoms with van der Waals surface area (Å²) < 4.78 is 0. The first kappa shape index (κ1) is 19.4. The molecule has 6 heteroatoms. The summed E-state index contributed by atoms with van der Waals surface area (Å²) in [5.74, 6) is -0.931. The molecular weight excluding hydrogens is 412 g/mol. The molecular formula is C8H15NO4U. The number of nitrogens with zero attached hydrogens (tertiary/aromatic N) is 1. The Morgan fingerprint density at radius 2 is 2.00 bits per heavy atom. The molecule has 0 radical (unpaired) electrons. The summed E-state index contributed by atoms with van der Waals surface area (Å²) in [5.41, 5.74) is 1.27. The van der Waals surface area contributed by atoms with Crippen molar-refractivity contribution in [3.05, 3.63) is 11.6 Å². The molecule has 14 heavy (non-hydrogen) atoms. The van der Waals surface area contributed by atoms with Crippen LogP contribution < -0.4 is 0 Å². The molecule has 0 fully saturated rings. The van der Waals surface area contributed by atoms with E-state index in [-0.39, 0.29) is 42.3 Å². The number of hydrogen-bond donors (Lipinski definition) is 2. The Morgan fingerprint density at radius 1 is 1.50 bits per heavy atom. The molecule has 1 rings (SSSR count). The molecule has 0 aromatic rings. The summed E-state index contributed by atoms with van der Waals surface area (Å²) in [7, 11) is 1.00. The van der Waals surface area contributed by atoms with Crippen LogP contribution in [0, 0.1) is 31.1 Å². The third kappa shape index (κ3) is 7.27. The SMILES string of the molecule is CC1=CC(C(=O)O)=NCC1.CO.O.[U]. The van der Waals surface area contributed by atoms with Crippen molar-refractivity contribution in [1.82, 2.24) is 0 Å². The van der Waals surface area contributed by atoms with Gasteiger partial charge in [-0.05, 0) is 19.4 Å². The normalized spacial score (nSPS) is 13.1. The van der Waals surface area contributed by atoms with Crippen LogP contribution in [0.5, 0.6) is 0 Å². The van der Waals surface area contributed by atoms with Crippen molar-refractivity contribution >= 4 is 11.7 Å². The van der Waals surface area contributed by atoms with Crippen molar-refractivity contribution in [2.45, 2.75) is 13.3 Å². The minimum Gasteiger partial charge on any atom is -0.477 e. The van der Waals surface area contributed by atoms with Gasteiger partial charge in [0.05, 0.1) is 0 Å². The van der Waals surface area contributed by atoms with E-state index in [9.17, 15) is 4.79 Å². The molecule has 0 aromatic carbocycles. The quantitative estimate of drug-likeness (QED) is 0.598. The molecule has 0 saturated heterocycles. The molecule has 4 N–H and O–H groups in total. The van der Waals surface area contributed by atoms with Crippen LogP contribution in [-0.4, -0.2) is 41.0 Å². The Morgan fingerprint density at radius 3 is 2.29 bits per heavy atom. The van der Waals surface area contributed by atoms with E-state index in [1.807, 2.05) is 6.92 Å². The Hall–Kier alpha value is -0.148. The Kier molecular flexibility index (Phi) is 15.2. The van der Waals surface area contributed by atoms with Crippen molar-refractivity contribution in [2.75, 3.05) is 13.7 Å². The molecule has 0 bridgehead atoms. The Balaban J connectivity index is -0.000000284. The fourth-order valence-corrected chi connectivity index (χ4v) is 0.833. The Bertz CT molecular complexity index is 225. The molecule has 0 unspecified atom stereocenters. The van der Waals surface area contributed by atoms with Gasteiger partial charge in [0, 0.05) is 44.8 Å². The minimum absolute atomic E-state index is 0. The fraction of sp³-hybridized carbons (Fsp3) is 0.500.